The number of hydrazone groups is 1. The lowest BCUT2D eigenvalue weighted by atomic mass is 10.1. The molecule has 0 atom stereocenters. The van der Waals surface area contributed by atoms with Crippen LogP contribution in [0.3, 0.4) is 0 Å². The topological polar surface area (TPSA) is 103 Å². The molecule has 32 heavy (non-hydrogen) atoms. The number of rotatable bonds is 6. The maximum Gasteiger partial charge on any atom is 0.276 e. The third-order valence-electron chi connectivity index (χ3n) is 5.18. The average molecular weight is 451 g/mol. The first kappa shape index (κ1) is 21.5. The summed E-state index contributed by atoms with van der Waals surface area (Å²) in [6, 6.07) is 14.1. The molecule has 9 heteroatoms. The van der Waals surface area contributed by atoms with Crippen molar-refractivity contribution in [3.05, 3.63) is 82.3 Å². The van der Waals surface area contributed by atoms with Gasteiger partial charge in [0.1, 0.15) is 5.56 Å². The zero-order chi connectivity index (χ0) is 22.9. The highest BCUT2D eigenvalue weighted by molar-refractivity contribution is 7.90. The molecule has 0 saturated heterocycles. The van der Waals surface area contributed by atoms with Gasteiger partial charge in [-0.1, -0.05) is 37.3 Å². The molecule has 2 aromatic carbocycles. The van der Waals surface area contributed by atoms with Crippen molar-refractivity contribution in [1.29, 1.82) is 0 Å². The number of nitrogens with one attached hydrogen (secondary N) is 1. The number of aryl methyl sites for hydroxylation is 1. The monoisotopic (exact) mass is 450 g/mol. The zero-order valence-electron chi connectivity index (χ0n) is 17.6. The molecular formula is C23H22N4O4S. The molecule has 2 aromatic heterocycles. The smallest absolute Gasteiger partial charge is 0.276 e. The number of benzene rings is 2. The van der Waals surface area contributed by atoms with E-state index in [9.17, 15) is 18.0 Å². The molecule has 2 heterocycles. The second-order valence-corrected chi connectivity index (χ2v) is 9.38. The summed E-state index contributed by atoms with van der Waals surface area (Å²) in [5.41, 5.74) is 3.76. The number of nitrogens with zero attached hydrogens (tertiary/aromatic N) is 3. The van der Waals surface area contributed by atoms with E-state index in [0.717, 1.165) is 5.52 Å². The standard InChI is InChI=1S/C23H22N4O4S/c1-3-12-32(30,31)27-14-16(17-8-4-7-11-21(17)27)13-24-25-23(29)19-15-26(2)20-10-6-5-9-18(20)22(19)28/h4-11,13-15H,3,12H2,1-2H3,(H,25,29). The average Bonchev–Trinajstić information content (AvgIpc) is 3.16. The molecule has 0 saturated carbocycles. The van der Waals surface area contributed by atoms with Crippen LogP contribution >= 0.6 is 0 Å². The SMILES string of the molecule is CCCS(=O)(=O)n1cc(C=NNC(=O)c2cn(C)c3ccccc3c2=O)c2ccccc21. The molecule has 0 spiro atoms. The maximum atomic E-state index is 12.7. The minimum atomic E-state index is -3.51. The predicted octanol–water partition coefficient (Wildman–Crippen LogP) is 2.85. The summed E-state index contributed by atoms with van der Waals surface area (Å²) >= 11 is 0. The van der Waals surface area contributed by atoms with Gasteiger partial charge >= 0.3 is 0 Å². The molecule has 4 aromatic rings. The number of carbonyl (C=O) groups is 1. The van der Waals surface area contributed by atoms with Gasteiger partial charge < -0.3 is 4.57 Å². The van der Waals surface area contributed by atoms with E-state index in [1.807, 2.05) is 6.07 Å². The van der Waals surface area contributed by atoms with E-state index in [4.69, 9.17) is 0 Å². The summed E-state index contributed by atoms with van der Waals surface area (Å²) in [4.78, 5) is 25.3. The lowest BCUT2D eigenvalue weighted by Gasteiger charge is -2.07. The number of aromatic nitrogens is 2. The van der Waals surface area contributed by atoms with Crippen LogP contribution in [0.15, 0.2) is 70.8 Å². The first-order chi connectivity index (χ1) is 15.3. The van der Waals surface area contributed by atoms with Crippen molar-refractivity contribution in [1.82, 2.24) is 14.0 Å². The highest BCUT2D eigenvalue weighted by Gasteiger charge is 2.18. The van der Waals surface area contributed by atoms with Crippen LogP contribution in [0.1, 0.15) is 29.3 Å². The summed E-state index contributed by atoms with van der Waals surface area (Å²) in [7, 11) is -1.75. The molecule has 8 nitrogen and oxygen atoms in total. The molecule has 1 amide bonds. The Balaban J connectivity index is 1.66. The number of pyridine rings is 1. The van der Waals surface area contributed by atoms with E-state index in [-0.39, 0.29) is 16.7 Å². The van der Waals surface area contributed by atoms with E-state index >= 15 is 0 Å². The van der Waals surface area contributed by atoms with Gasteiger partial charge in [-0.25, -0.2) is 17.8 Å². The second kappa shape index (κ2) is 8.43. The molecule has 0 unspecified atom stereocenters. The highest BCUT2D eigenvalue weighted by atomic mass is 32.2. The van der Waals surface area contributed by atoms with E-state index in [1.165, 1.54) is 22.6 Å². The summed E-state index contributed by atoms with van der Waals surface area (Å²) in [5, 5.41) is 5.11. The largest absolute Gasteiger partial charge is 0.350 e. The zero-order valence-corrected chi connectivity index (χ0v) is 18.5. The van der Waals surface area contributed by atoms with Gasteiger partial charge in [-0.05, 0) is 24.6 Å². The van der Waals surface area contributed by atoms with Gasteiger partial charge in [0.15, 0.2) is 0 Å². The number of hydrogen-bond acceptors (Lipinski definition) is 5. The van der Waals surface area contributed by atoms with Crippen LogP contribution in [0.5, 0.6) is 0 Å². The molecule has 164 valence electrons. The summed E-state index contributed by atoms with van der Waals surface area (Å²) < 4.78 is 28.2. The third kappa shape index (κ3) is 3.82. The second-order valence-electron chi connectivity index (χ2n) is 7.41. The van der Waals surface area contributed by atoms with Gasteiger partial charge in [0.2, 0.25) is 15.5 Å². The molecule has 1 N–H and O–H groups in total. The Morgan fingerprint density at radius 3 is 2.41 bits per heavy atom. The molecule has 0 aliphatic rings. The first-order valence-electron chi connectivity index (χ1n) is 10.1. The molecule has 0 radical (unpaired) electrons. The van der Waals surface area contributed by atoms with Crippen molar-refractivity contribution in [2.45, 2.75) is 13.3 Å². The molecular weight excluding hydrogens is 428 g/mol. The highest BCUT2D eigenvalue weighted by Crippen LogP contribution is 2.22. The summed E-state index contributed by atoms with van der Waals surface area (Å²) in [6.07, 6.45) is 4.83. The molecule has 0 bridgehead atoms. The Morgan fingerprint density at radius 1 is 1.03 bits per heavy atom. The van der Waals surface area contributed by atoms with Crippen LogP contribution in [0.4, 0.5) is 0 Å². The van der Waals surface area contributed by atoms with Crippen molar-refractivity contribution >= 4 is 44.0 Å². The normalized spacial score (nSPS) is 12.1. The van der Waals surface area contributed by atoms with Crippen LogP contribution in [-0.4, -0.2) is 34.8 Å². The van der Waals surface area contributed by atoms with Crippen LogP contribution in [0.2, 0.25) is 0 Å². The molecule has 0 aliphatic carbocycles. The Bertz CT molecular complexity index is 1530. The Labute approximate surface area is 184 Å². The fourth-order valence-corrected chi connectivity index (χ4v) is 5.13. The van der Waals surface area contributed by atoms with Gasteiger partial charge in [-0.3, -0.25) is 9.59 Å². The quantitative estimate of drug-likeness (QED) is 0.360. The minimum absolute atomic E-state index is 0.0181. The Morgan fingerprint density at radius 2 is 1.69 bits per heavy atom. The van der Waals surface area contributed by atoms with Crippen molar-refractivity contribution in [3.8, 4) is 0 Å². The fraction of sp³-hybridized carbons (Fsp3) is 0.174. The van der Waals surface area contributed by atoms with Gasteiger partial charge in [0.25, 0.3) is 5.91 Å². The van der Waals surface area contributed by atoms with Crippen LogP contribution in [0, 0.1) is 0 Å². The minimum Gasteiger partial charge on any atom is -0.350 e. The number of amides is 1. The molecule has 0 aliphatic heterocycles. The lowest BCUT2D eigenvalue weighted by molar-refractivity contribution is 0.0953. The van der Waals surface area contributed by atoms with Gasteiger partial charge in [0, 0.05) is 35.8 Å². The molecule has 4 rings (SSSR count). The number of carbonyl (C=O) groups excluding carboxylic acids is 1. The maximum absolute atomic E-state index is 12.7. The van der Waals surface area contributed by atoms with E-state index < -0.39 is 15.9 Å². The number of para-hydroxylation sites is 2. The van der Waals surface area contributed by atoms with E-state index in [1.54, 1.807) is 61.0 Å². The van der Waals surface area contributed by atoms with Crippen molar-refractivity contribution in [2.24, 2.45) is 12.1 Å². The summed E-state index contributed by atoms with van der Waals surface area (Å²) in [6.45, 7) is 1.80. The molecule has 0 fully saturated rings. The van der Waals surface area contributed by atoms with E-state index in [0.29, 0.717) is 28.3 Å². The van der Waals surface area contributed by atoms with Crippen molar-refractivity contribution in [3.63, 3.8) is 0 Å². The third-order valence-corrected chi connectivity index (χ3v) is 7.01. The number of fused-ring (bicyclic) bond motifs is 2. The summed E-state index contributed by atoms with van der Waals surface area (Å²) in [5.74, 6) is -0.625. The van der Waals surface area contributed by atoms with Crippen LogP contribution in [0.25, 0.3) is 21.8 Å². The number of hydrogen-bond donors (Lipinski definition) is 1. The van der Waals surface area contributed by atoms with Gasteiger partial charge in [-0.15, -0.1) is 0 Å². The van der Waals surface area contributed by atoms with Crippen molar-refractivity contribution in [2.75, 3.05) is 5.75 Å². The van der Waals surface area contributed by atoms with Crippen molar-refractivity contribution < 1.29 is 13.2 Å². The van der Waals surface area contributed by atoms with Crippen LogP contribution in [-0.2, 0) is 17.1 Å². The fourth-order valence-electron chi connectivity index (χ4n) is 3.69. The first-order valence-corrected chi connectivity index (χ1v) is 11.7. The van der Waals surface area contributed by atoms with Gasteiger partial charge in [0.05, 0.1) is 23.0 Å². The predicted molar refractivity (Wildman–Crippen MR) is 126 cm³/mol. The van der Waals surface area contributed by atoms with E-state index in [2.05, 4.69) is 10.5 Å². The Kier molecular flexibility index (Phi) is 5.67. The van der Waals surface area contributed by atoms with Gasteiger partial charge in [-0.2, -0.15) is 5.10 Å². The lowest BCUT2D eigenvalue weighted by Crippen LogP contribution is -2.26. The Hall–Kier alpha value is -3.72. The van der Waals surface area contributed by atoms with Crippen LogP contribution < -0.4 is 10.9 Å².